The number of ether oxygens (including phenoxy) is 1. The zero-order valence-corrected chi connectivity index (χ0v) is 24.5. The number of nitrogens with one attached hydrogen (secondary N) is 3. The molecule has 12 heteroatoms. The third-order valence-corrected chi connectivity index (χ3v) is 7.66. The Morgan fingerprint density at radius 2 is 1.95 bits per heavy atom. The van der Waals surface area contributed by atoms with Crippen LogP contribution in [0.3, 0.4) is 0 Å². The molecular weight excluding hydrogens is 575 g/mol. The van der Waals surface area contributed by atoms with E-state index in [2.05, 4.69) is 30.8 Å². The third-order valence-electron chi connectivity index (χ3n) is 7.37. The molecule has 10 nitrogen and oxygen atoms in total. The minimum atomic E-state index is -0.648. The van der Waals surface area contributed by atoms with Crippen LogP contribution in [0.15, 0.2) is 60.9 Å². The number of hydrogen-bond acceptors (Lipinski definition) is 6. The summed E-state index contributed by atoms with van der Waals surface area (Å²) in [7, 11) is 1.26. The topological polar surface area (TPSA) is 127 Å². The van der Waals surface area contributed by atoms with E-state index < -0.39 is 18.0 Å². The number of pyridine rings is 1. The molecule has 2 aromatic carbocycles. The Kier molecular flexibility index (Phi) is 8.72. The maximum absolute atomic E-state index is 14.7. The van der Waals surface area contributed by atoms with Crippen LogP contribution in [0, 0.1) is 12.7 Å². The summed E-state index contributed by atoms with van der Waals surface area (Å²) in [5.41, 5.74) is 3.64. The molecule has 0 fully saturated rings. The largest absolute Gasteiger partial charge is 0.453 e. The van der Waals surface area contributed by atoms with Crippen LogP contribution in [0.2, 0.25) is 5.02 Å². The monoisotopic (exact) mass is 604 g/mol. The summed E-state index contributed by atoms with van der Waals surface area (Å²) in [6, 6.07) is 12.6. The van der Waals surface area contributed by atoms with Gasteiger partial charge in [-0.3, -0.25) is 19.9 Å². The van der Waals surface area contributed by atoms with Crippen LogP contribution in [0.1, 0.15) is 64.3 Å². The lowest BCUT2D eigenvalue weighted by atomic mass is 9.95. The molecule has 4 aromatic rings. The number of anilines is 1. The highest BCUT2D eigenvalue weighted by Crippen LogP contribution is 2.31. The van der Waals surface area contributed by atoms with E-state index in [1.165, 1.54) is 30.1 Å². The number of nitrogens with zero attached hydrogens (tertiary/aromatic N) is 3. The number of fused-ring (bicyclic) bond motifs is 4. The summed E-state index contributed by atoms with van der Waals surface area (Å²) in [6.07, 6.45) is 4.28. The van der Waals surface area contributed by atoms with Crippen molar-refractivity contribution in [3.63, 3.8) is 0 Å². The molecule has 0 radical (unpaired) electrons. The van der Waals surface area contributed by atoms with E-state index >= 15 is 0 Å². The Morgan fingerprint density at radius 1 is 1.14 bits per heavy atom. The zero-order valence-electron chi connectivity index (χ0n) is 23.8. The van der Waals surface area contributed by atoms with Crippen LogP contribution in [0.25, 0.3) is 16.8 Å². The van der Waals surface area contributed by atoms with Gasteiger partial charge in [0.2, 0.25) is 0 Å². The van der Waals surface area contributed by atoms with Crippen LogP contribution in [-0.4, -0.2) is 45.8 Å². The van der Waals surface area contributed by atoms with Gasteiger partial charge in [-0.05, 0) is 80.6 Å². The summed E-state index contributed by atoms with van der Waals surface area (Å²) < 4.78 is 20.7. The average Bonchev–Trinajstić information content (AvgIpc) is 3.38. The molecule has 222 valence electrons. The molecule has 2 unspecified atom stereocenters. The Hall–Kier alpha value is -4.77. The van der Waals surface area contributed by atoms with Crippen molar-refractivity contribution in [3.8, 4) is 16.8 Å². The lowest BCUT2D eigenvalue weighted by Crippen LogP contribution is -2.34. The molecule has 3 amide bonds. The van der Waals surface area contributed by atoms with Crippen molar-refractivity contribution in [3.05, 3.63) is 94.3 Å². The number of carbonyl (C=O) groups is 3. The lowest BCUT2D eigenvalue weighted by Gasteiger charge is -2.22. The summed E-state index contributed by atoms with van der Waals surface area (Å²) in [4.78, 5) is 43.2. The smallest absolute Gasteiger partial charge is 0.411 e. The van der Waals surface area contributed by atoms with Crippen molar-refractivity contribution >= 4 is 35.2 Å². The van der Waals surface area contributed by atoms with E-state index in [0.29, 0.717) is 58.6 Å². The number of benzene rings is 2. The van der Waals surface area contributed by atoms with E-state index in [0.717, 1.165) is 0 Å². The highest BCUT2D eigenvalue weighted by molar-refractivity contribution is 6.30. The van der Waals surface area contributed by atoms with Gasteiger partial charge in [0.25, 0.3) is 11.8 Å². The van der Waals surface area contributed by atoms with Crippen molar-refractivity contribution in [2.75, 3.05) is 12.4 Å². The summed E-state index contributed by atoms with van der Waals surface area (Å²) in [5, 5.41) is 12.9. The minimum absolute atomic E-state index is 0.0412. The first-order valence-electron chi connectivity index (χ1n) is 13.7. The summed E-state index contributed by atoms with van der Waals surface area (Å²) >= 11 is 5.96. The molecule has 43 heavy (non-hydrogen) atoms. The number of rotatable bonds is 4. The molecule has 0 spiro atoms. The van der Waals surface area contributed by atoms with Crippen LogP contribution in [0.4, 0.5) is 14.9 Å². The maximum atomic E-state index is 14.7. The quantitative estimate of drug-likeness (QED) is 0.263. The number of amides is 3. The van der Waals surface area contributed by atoms with Gasteiger partial charge in [0.05, 0.1) is 41.3 Å². The highest BCUT2D eigenvalue weighted by Gasteiger charge is 2.24. The normalized spacial score (nSPS) is 16.6. The number of carbonyl (C=O) groups excluding carboxylic acids is 3. The molecule has 1 aliphatic rings. The summed E-state index contributed by atoms with van der Waals surface area (Å²) in [6.45, 7) is 3.60. The maximum Gasteiger partial charge on any atom is 0.411 e. The minimum Gasteiger partial charge on any atom is -0.453 e. The van der Waals surface area contributed by atoms with Gasteiger partial charge in [0, 0.05) is 23.5 Å². The number of halogens is 2. The Balaban J connectivity index is 1.48. The molecule has 2 aromatic heterocycles. The molecule has 3 heterocycles. The number of methoxy groups -OCH3 is 1. The summed E-state index contributed by atoms with van der Waals surface area (Å²) in [5.74, 6) is -1.28. The van der Waals surface area contributed by atoms with E-state index in [4.69, 9.17) is 11.6 Å². The average molecular weight is 605 g/mol. The Bertz CT molecular complexity index is 1710. The molecule has 2 bridgehead atoms. The van der Waals surface area contributed by atoms with Crippen molar-refractivity contribution in [1.82, 2.24) is 25.4 Å². The van der Waals surface area contributed by atoms with Crippen LogP contribution < -0.4 is 16.0 Å². The van der Waals surface area contributed by atoms with Gasteiger partial charge in [0.1, 0.15) is 5.69 Å². The predicted octanol–water partition coefficient (Wildman–Crippen LogP) is 5.99. The van der Waals surface area contributed by atoms with Gasteiger partial charge >= 0.3 is 6.09 Å². The van der Waals surface area contributed by atoms with E-state index in [1.807, 2.05) is 13.0 Å². The molecule has 1 aliphatic heterocycles. The standard InChI is InChI=1S/C31H30ClFN6O4/c1-17-6-4-8-25(38-30(41)23-16-35-39(18(23)2)27-9-5-7-24(32)28(27)33)26-14-19(12-13-34-26)21-11-10-20(37-31(42)43-3)15-22(21)29(40)36-17/h5,7,9-17,25H,4,6,8H2,1-3H3,(H,36,40)(H,37,42)(H,38,41). The highest BCUT2D eigenvalue weighted by atomic mass is 35.5. The fourth-order valence-corrected chi connectivity index (χ4v) is 5.27. The second kappa shape index (κ2) is 12.6. The second-order valence-electron chi connectivity index (χ2n) is 10.3. The van der Waals surface area contributed by atoms with Crippen molar-refractivity contribution in [2.45, 2.75) is 45.2 Å². The molecule has 0 aliphatic carbocycles. The lowest BCUT2D eigenvalue weighted by molar-refractivity contribution is 0.0931. The fourth-order valence-electron chi connectivity index (χ4n) is 5.10. The van der Waals surface area contributed by atoms with Crippen LogP contribution >= 0.6 is 11.6 Å². The first-order valence-corrected chi connectivity index (χ1v) is 14.1. The van der Waals surface area contributed by atoms with Gasteiger partial charge < -0.3 is 15.4 Å². The van der Waals surface area contributed by atoms with Crippen LogP contribution in [0.5, 0.6) is 0 Å². The third kappa shape index (κ3) is 6.36. The van der Waals surface area contributed by atoms with Gasteiger partial charge in [-0.1, -0.05) is 23.7 Å². The molecule has 5 rings (SSSR count). The first kappa shape index (κ1) is 29.7. The van der Waals surface area contributed by atoms with Crippen molar-refractivity contribution in [1.29, 1.82) is 0 Å². The fraction of sp³-hybridized carbons (Fsp3) is 0.258. The van der Waals surface area contributed by atoms with E-state index in [1.54, 1.807) is 43.5 Å². The molecular formula is C31H30ClFN6O4. The SMILES string of the molecule is COC(=O)Nc1ccc2c(c1)C(=O)NC(C)CCCC(NC(=O)c1cnn(-c3cccc(Cl)c3F)c1C)c1cc-2ccn1. The van der Waals surface area contributed by atoms with Crippen LogP contribution in [-0.2, 0) is 4.74 Å². The van der Waals surface area contributed by atoms with Gasteiger partial charge in [-0.25, -0.2) is 13.9 Å². The second-order valence-corrected chi connectivity index (χ2v) is 10.7. The van der Waals surface area contributed by atoms with E-state index in [-0.39, 0.29) is 28.6 Å². The molecule has 0 saturated heterocycles. The zero-order chi connectivity index (χ0) is 30.7. The molecule has 0 saturated carbocycles. The van der Waals surface area contributed by atoms with Gasteiger partial charge in [-0.15, -0.1) is 0 Å². The molecule has 3 N–H and O–H groups in total. The first-order chi connectivity index (χ1) is 20.7. The van der Waals surface area contributed by atoms with Gasteiger partial charge in [0.15, 0.2) is 5.82 Å². The van der Waals surface area contributed by atoms with Crippen molar-refractivity contribution < 1.29 is 23.5 Å². The van der Waals surface area contributed by atoms with Crippen molar-refractivity contribution in [2.24, 2.45) is 0 Å². The molecule has 2 atom stereocenters. The Morgan fingerprint density at radius 3 is 2.74 bits per heavy atom. The predicted molar refractivity (Wildman–Crippen MR) is 160 cm³/mol. The number of hydrogen-bond donors (Lipinski definition) is 3. The number of aromatic nitrogens is 3. The van der Waals surface area contributed by atoms with Gasteiger partial charge in [-0.2, -0.15) is 5.10 Å². The Labute approximate surface area is 252 Å². The van der Waals surface area contributed by atoms with E-state index in [9.17, 15) is 18.8 Å².